The fraction of sp³-hybridized carbons (Fsp3) is 0.471. The summed E-state index contributed by atoms with van der Waals surface area (Å²) in [5.41, 5.74) is 6.80. The zero-order valence-corrected chi connectivity index (χ0v) is 14.9. The lowest BCUT2D eigenvalue weighted by atomic mass is 9.98. The Labute approximate surface area is 147 Å². The average molecular weight is 348 g/mol. The van der Waals surface area contributed by atoms with Crippen LogP contribution in [-0.2, 0) is 10.5 Å². The van der Waals surface area contributed by atoms with E-state index in [0.29, 0.717) is 17.9 Å². The van der Waals surface area contributed by atoms with Gasteiger partial charge in [-0.15, -0.1) is 0 Å². The largest absolute Gasteiger partial charge is 0.353 e. The van der Waals surface area contributed by atoms with Crippen molar-refractivity contribution in [3.8, 4) is 6.07 Å². The van der Waals surface area contributed by atoms with E-state index in [2.05, 4.69) is 16.7 Å². The number of thioether (sulfide) groups is 1. The van der Waals surface area contributed by atoms with Crippen molar-refractivity contribution in [1.82, 2.24) is 10.6 Å². The van der Waals surface area contributed by atoms with Gasteiger partial charge in [0.05, 0.1) is 11.6 Å². The van der Waals surface area contributed by atoms with Crippen molar-refractivity contribution < 1.29 is 9.59 Å². The van der Waals surface area contributed by atoms with Crippen LogP contribution in [0.1, 0.15) is 31.4 Å². The van der Waals surface area contributed by atoms with Gasteiger partial charge in [-0.25, -0.2) is 4.79 Å². The highest BCUT2D eigenvalue weighted by Gasteiger charge is 2.24. The van der Waals surface area contributed by atoms with E-state index in [9.17, 15) is 9.59 Å². The van der Waals surface area contributed by atoms with Crippen LogP contribution in [0.25, 0.3) is 0 Å². The van der Waals surface area contributed by atoms with Crippen LogP contribution in [0.3, 0.4) is 0 Å². The highest BCUT2D eigenvalue weighted by molar-refractivity contribution is 7.98. The third kappa shape index (κ3) is 6.50. The predicted molar refractivity (Wildman–Crippen MR) is 96.3 cm³/mol. The molecule has 7 heteroatoms. The molecule has 0 heterocycles. The van der Waals surface area contributed by atoms with Crippen molar-refractivity contribution in [1.29, 1.82) is 5.26 Å². The molecule has 0 unspecified atom stereocenters. The fourth-order valence-corrected chi connectivity index (χ4v) is 3.01. The molecule has 0 spiro atoms. The Hall–Kier alpha value is -2.20. The molecule has 0 fully saturated rings. The molecule has 3 amide bonds. The smallest absolute Gasteiger partial charge is 0.312 e. The molecule has 0 aromatic heterocycles. The summed E-state index contributed by atoms with van der Waals surface area (Å²) in [6.07, 6.45) is 0.762. The molecule has 0 radical (unpaired) electrons. The summed E-state index contributed by atoms with van der Waals surface area (Å²) in [7, 11) is 0. The van der Waals surface area contributed by atoms with Gasteiger partial charge >= 0.3 is 6.03 Å². The number of carbonyl (C=O) groups excluding carboxylic acids is 2. The van der Waals surface area contributed by atoms with E-state index in [4.69, 9.17) is 11.0 Å². The van der Waals surface area contributed by atoms with Crippen LogP contribution in [0.4, 0.5) is 4.79 Å². The molecule has 0 aliphatic rings. The van der Waals surface area contributed by atoms with E-state index < -0.39 is 12.1 Å². The molecular formula is C17H24N4O2S. The summed E-state index contributed by atoms with van der Waals surface area (Å²) in [4.78, 5) is 23.2. The maximum Gasteiger partial charge on any atom is 0.312 e. The number of nitriles is 1. The zero-order valence-electron chi connectivity index (χ0n) is 14.0. The first-order chi connectivity index (χ1) is 11.5. The zero-order chi connectivity index (χ0) is 17.9. The van der Waals surface area contributed by atoms with E-state index >= 15 is 0 Å². The first-order valence-electron chi connectivity index (χ1n) is 7.89. The van der Waals surface area contributed by atoms with Gasteiger partial charge in [0.2, 0.25) is 5.91 Å². The van der Waals surface area contributed by atoms with Crippen molar-refractivity contribution >= 4 is 23.7 Å². The normalized spacial score (nSPS) is 12.7. The summed E-state index contributed by atoms with van der Waals surface area (Å²) in [5, 5.41) is 14.4. The minimum Gasteiger partial charge on any atom is -0.353 e. The summed E-state index contributed by atoms with van der Waals surface area (Å²) < 4.78 is 0. The molecule has 4 N–H and O–H groups in total. The van der Waals surface area contributed by atoms with Gasteiger partial charge in [-0.3, -0.25) is 4.79 Å². The Morgan fingerprint density at radius 3 is 2.71 bits per heavy atom. The van der Waals surface area contributed by atoms with Gasteiger partial charge in [0.15, 0.2) is 0 Å². The van der Waals surface area contributed by atoms with Crippen LogP contribution in [0, 0.1) is 17.2 Å². The lowest BCUT2D eigenvalue weighted by molar-refractivity contribution is -0.123. The molecular weight excluding hydrogens is 324 g/mol. The number of hydrogen-bond donors (Lipinski definition) is 3. The third-order valence-corrected chi connectivity index (χ3v) is 4.74. The number of urea groups is 1. The van der Waals surface area contributed by atoms with Crippen molar-refractivity contribution in [3.05, 3.63) is 35.4 Å². The second kappa shape index (κ2) is 10.6. The van der Waals surface area contributed by atoms with E-state index in [1.54, 1.807) is 17.8 Å². The highest BCUT2D eigenvalue weighted by Crippen LogP contribution is 2.15. The van der Waals surface area contributed by atoms with Crippen molar-refractivity contribution in [3.63, 3.8) is 0 Å². The molecule has 0 saturated heterocycles. The van der Waals surface area contributed by atoms with Gasteiger partial charge in [-0.1, -0.05) is 38.5 Å². The van der Waals surface area contributed by atoms with Crippen LogP contribution in [0.5, 0.6) is 0 Å². The van der Waals surface area contributed by atoms with E-state index in [1.807, 2.05) is 32.0 Å². The summed E-state index contributed by atoms with van der Waals surface area (Å²) in [6, 6.07) is 8.34. The topological polar surface area (TPSA) is 108 Å². The van der Waals surface area contributed by atoms with Gasteiger partial charge in [0.1, 0.15) is 6.04 Å². The SMILES string of the molecule is CC[C@H](C)[C@H](NC(N)=O)C(=O)NCCSCc1ccccc1C#N. The maximum absolute atomic E-state index is 12.2. The van der Waals surface area contributed by atoms with Crippen molar-refractivity contribution in [2.24, 2.45) is 11.7 Å². The first-order valence-corrected chi connectivity index (χ1v) is 9.04. The Morgan fingerprint density at radius 1 is 1.38 bits per heavy atom. The number of carbonyl (C=O) groups is 2. The van der Waals surface area contributed by atoms with Crippen LogP contribution in [0.2, 0.25) is 0 Å². The number of hydrogen-bond acceptors (Lipinski definition) is 4. The number of rotatable bonds is 9. The molecule has 1 rings (SSSR count). The lowest BCUT2D eigenvalue weighted by Crippen LogP contribution is -2.52. The molecule has 6 nitrogen and oxygen atoms in total. The molecule has 24 heavy (non-hydrogen) atoms. The Kier molecular flexibility index (Phi) is 8.72. The number of nitrogens with one attached hydrogen (secondary N) is 2. The van der Waals surface area contributed by atoms with Crippen LogP contribution >= 0.6 is 11.8 Å². The Bertz CT molecular complexity index is 600. The molecule has 2 atom stereocenters. The number of nitrogens with zero attached hydrogens (tertiary/aromatic N) is 1. The van der Waals surface area contributed by atoms with Crippen LogP contribution < -0.4 is 16.4 Å². The minimum absolute atomic E-state index is 0.00709. The summed E-state index contributed by atoms with van der Waals surface area (Å²) in [6.45, 7) is 4.34. The molecule has 1 aromatic carbocycles. The molecule has 0 bridgehead atoms. The van der Waals surface area contributed by atoms with Crippen LogP contribution in [0.15, 0.2) is 24.3 Å². The number of benzene rings is 1. The minimum atomic E-state index is -0.696. The average Bonchev–Trinajstić information content (AvgIpc) is 2.58. The van der Waals surface area contributed by atoms with E-state index in [1.165, 1.54) is 0 Å². The third-order valence-electron chi connectivity index (χ3n) is 3.73. The van der Waals surface area contributed by atoms with Crippen molar-refractivity contribution in [2.75, 3.05) is 12.3 Å². The number of amides is 3. The lowest BCUT2D eigenvalue weighted by Gasteiger charge is -2.22. The maximum atomic E-state index is 12.2. The van der Waals surface area contributed by atoms with E-state index in [-0.39, 0.29) is 11.8 Å². The fourth-order valence-electron chi connectivity index (χ4n) is 2.15. The molecule has 0 saturated carbocycles. The molecule has 0 aliphatic heterocycles. The second-order valence-corrected chi connectivity index (χ2v) is 6.59. The molecule has 130 valence electrons. The standard InChI is InChI=1S/C17H24N4O2S/c1-3-12(2)15(21-17(19)23)16(22)20-8-9-24-11-14-7-5-4-6-13(14)10-18/h4-7,12,15H,3,8-9,11H2,1-2H3,(H,20,22)(H3,19,21,23)/t12-,15-/m0/s1. The number of primary amides is 1. The summed E-state index contributed by atoms with van der Waals surface area (Å²) in [5.74, 6) is 1.22. The van der Waals surface area contributed by atoms with Gasteiger partial charge in [-0.2, -0.15) is 17.0 Å². The van der Waals surface area contributed by atoms with Crippen molar-refractivity contribution in [2.45, 2.75) is 32.1 Å². The first kappa shape index (κ1) is 19.8. The number of nitrogens with two attached hydrogens (primary N) is 1. The highest BCUT2D eigenvalue weighted by atomic mass is 32.2. The predicted octanol–water partition coefficient (Wildman–Crippen LogP) is 1.99. The Morgan fingerprint density at radius 2 is 2.08 bits per heavy atom. The monoisotopic (exact) mass is 348 g/mol. The van der Waals surface area contributed by atoms with Gasteiger partial charge < -0.3 is 16.4 Å². The quantitative estimate of drug-likeness (QED) is 0.593. The van der Waals surface area contributed by atoms with Crippen LogP contribution in [-0.4, -0.2) is 30.3 Å². The summed E-state index contributed by atoms with van der Waals surface area (Å²) >= 11 is 1.64. The van der Waals surface area contributed by atoms with Gasteiger partial charge in [0.25, 0.3) is 0 Å². The molecule has 0 aliphatic carbocycles. The Balaban J connectivity index is 2.39. The van der Waals surface area contributed by atoms with Gasteiger partial charge in [0, 0.05) is 18.1 Å². The van der Waals surface area contributed by atoms with E-state index in [0.717, 1.165) is 17.7 Å². The second-order valence-electron chi connectivity index (χ2n) is 5.48. The molecule has 1 aromatic rings. The van der Waals surface area contributed by atoms with Gasteiger partial charge in [-0.05, 0) is 17.5 Å².